The summed E-state index contributed by atoms with van der Waals surface area (Å²) in [6.07, 6.45) is 3.31. The van der Waals surface area contributed by atoms with Crippen LogP contribution in [0.25, 0.3) is 0 Å². The normalized spacial score (nSPS) is 14.1. The van der Waals surface area contributed by atoms with Crippen molar-refractivity contribution in [1.29, 1.82) is 0 Å². The molecule has 1 aliphatic rings. The Morgan fingerprint density at radius 3 is 2.88 bits per heavy atom. The van der Waals surface area contributed by atoms with Crippen LogP contribution in [0.2, 0.25) is 0 Å². The molecule has 1 aromatic heterocycles. The van der Waals surface area contributed by atoms with Crippen molar-refractivity contribution in [3.8, 4) is 5.75 Å². The summed E-state index contributed by atoms with van der Waals surface area (Å²) >= 11 is 1.66. The largest absolute Gasteiger partial charge is 0.497 e. The van der Waals surface area contributed by atoms with Crippen LogP contribution in [0.1, 0.15) is 5.56 Å². The summed E-state index contributed by atoms with van der Waals surface area (Å²) in [5, 5.41) is 8.46. The Morgan fingerprint density at radius 2 is 2.12 bits per heavy atom. The van der Waals surface area contributed by atoms with Crippen molar-refractivity contribution in [3.05, 3.63) is 36.4 Å². The number of aromatic nitrogens is 3. The first kappa shape index (κ1) is 10.3. The maximum absolute atomic E-state index is 5.20. The molecule has 0 bridgehead atoms. The van der Waals surface area contributed by atoms with Crippen molar-refractivity contribution in [2.45, 2.75) is 5.75 Å². The van der Waals surface area contributed by atoms with Crippen molar-refractivity contribution >= 4 is 22.6 Å². The summed E-state index contributed by atoms with van der Waals surface area (Å²) in [5.41, 5.74) is 2.17. The van der Waals surface area contributed by atoms with E-state index in [-0.39, 0.29) is 0 Å². The van der Waals surface area contributed by atoms with E-state index >= 15 is 0 Å². The number of hydrogen-bond acceptors (Lipinski definition) is 5. The van der Waals surface area contributed by atoms with Gasteiger partial charge in [0.15, 0.2) is 5.17 Å². The van der Waals surface area contributed by atoms with Gasteiger partial charge >= 0.3 is 0 Å². The van der Waals surface area contributed by atoms with Crippen LogP contribution in [0.5, 0.6) is 5.75 Å². The molecule has 0 aliphatic carbocycles. The second kappa shape index (κ2) is 4.21. The maximum Gasteiger partial charge on any atom is 0.175 e. The van der Waals surface area contributed by atoms with Crippen LogP contribution in [0.4, 0.5) is 5.69 Å². The molecule has 0 spiro atoms. The highest BCUT2D eigenvalue weighted by Crippen LogP contribution is 2.33. The van der Waals surface area contributed by atoms with E-state index in [1.807, 2.05) is 22.8 Å². The lowest BCUT2D eigenvalue weighted by Gasteiger charge is -2.15. The van der Waals surface area contributed by atoms with Crippen LogP contribution in [0.15, 0.2) is 35.8 Å². The number of rotatable bonds is 1. The maximum atomic E-state index is 5.20. The summed E-state index contributed by atoms with van der Waals surface area (Å²) in [6, 6.07) is 5.91. The smallest absolute Gasteiger partial charge is 0.175 e. The lowest BCUT2D eigenvalue weighted by molar-refractivity contribution is 0.414. The number of aliphatic imine (C=N–C) groups is 1. The van der Waals surface area contributed by atoms with Crippen LogP contribution in [0.3, 0.4) is 0 Å². The van der Waals surface area contributed by atoms with Gasteiger partial charge < -0.3 is 4.74 Å². The monoisotopic (exact) mass is 246 g/mol. The summed E-state index contributed by atoms with van der Waals surface area (Å²) in [4.78, 5) is 4.57. The molecule has 0 saturated carbocycles. The topological polar surface area (TPSA) is 52.3 Å². The molecule has 2 aromatic rings. The highest BCUT2D eigenvalue weighted by Gasteiger charge is 2.14. The fourth-order valence-electron chi connectivity index (χ4n) is 1.62. The minimum absolute atomic E-state index is 0.868. The van der Waals surface area contributed by atoms with Gasteiger partial charge in [-0.15, -0.1) is 10.2 Å². The molecule has 5 nitrogen and oxygen atoms in total. The summed E-state index contributed by atoms with van der Waals surface area (Å²) in [5.74, 6) is 1.75. The van der Waals surface area contributed by atoms with Crippen LogP contribution in [0, 0.1) is 0 Å². The minimum Gasteiger partial charge on any atom is -0.497 e. The van der Waals surface area contributed by atoms with Gasteiger partial charge in [0.2, 0.25) is 0 Å². The average molecular weight is 246 g/mol. The van der Waals surface area contributed by atoms with Crippen molar-refractivity contribution in [2.24, 2.45) is 4.99 Å². The van der Waals surface area contributed by atoms with Gasteiger partial charge in [-0.05, 0) is 23.8 Å². The Morgan fingerprint density at radius 1 is 1.29 bits per heavy atom. The zero-order valence-electron chi connectivity index (χ0n) is 9.20. The molecule has 17 heavy (non-hydrogen) atoms. The van der Waals surface area contributed by atoms with Crippen molar-refractivity contribution < 1.29 is 4.74 Å². The van der Waals surface area contributed by atoms with Crippen LogP contribution in [-0.4, -0.2) is 27.0 Å². The zero-order chi connectivity index (χ0) is 11.7. The van der Waals surface area contributed by atoms with Gasteiger partial charge in [-0.25, -0.2) is 4.99 Å². The molecule has 3 rings (SSSR count). The van der Waals surface area contributed by atoms with Crippen LogP contribution < -0.4 is 4.74 Å². The molecule has 0 unspecified atom stereocenters. The number of hydrogen-bond donors (Lipinski definition) is 0. The quantitative estimate of drug-likeness (QED) is 0.773. The third kappa shape index (κ3) is 1.91. The Hall–Kier alpha value is -1.82. The third-order valence-corrected chi connectivity index (χ3v) is 3.51. The number of ether oxygens (including phenoxy) is 1. The average Bonchev–Trinajstić information content (AvgIpc) is 2.91. The van der Waals surface area contributed by atoms with Crippen molar-refractivity contribution in [2.75, 3.05) is 7.11 Å². The van der Waals surface area contributed by atoms with E-state index in [0.29, 0.717) is 0 Å². The number of methoxy groups -OCH3 is 1. The van der Waals surface area contributed by atoms with Gasteiger partial charge in [-0.2, -0.15) is 0 Å². The molecular formula is C11H10N4OS. The van der Waals surface area contributed by atoms with E-state index in [1.54, 1.807) is 31.5 Å². The van der Waals surface area contributed by atoms with Crippen molar-refractivity contribution in [1.82, 2.24) is 14.8 Å². The van der Waals surface area contributed by atoms with Gasteiger partial charge in [0.1, 0.15) is 18.4 Å². The molecule has 0 saturated heterocycles. The van der Waals surface area contributed by atoms with E-state index in [4.69, 9.17) is 4.74 Å². The van der Waals surface area contributed by atoms with Gasteiger partial charge in [-0.1, -0.05) is 11.8 Å². The number of fused-ring (bicyclic) bond motifs is 1. The summed E-state index contributed by atoms with van der Waals surface area (Å²) in [6.45, 7) is 0. The first-order valence-electron chi connectivity index (χ1n) is 5.10. The molecule has 0 N–H and O–H groups in total. The highest BCUT2D eigenvalue weighted by atomic mass is 32.2. The number of thioether (sulfide) groups is 1. The Labute approximate surface area is 103 Å². The second-order valence-corrected chi connectivity index (χ2v) is 4.49. The molecule has 6 heteroatoms. The number of benzene rings is 1. The molecular weight excluding hydrogens is 236 g/mol. The van der Waals surface area contributed by atoms with E-state index in [2.05, 4.69) is 15.2 Å². The van der Waals surface area contributed by atoms with Gasteiger partial charge in [0.05, 0.1) is 12.8 Å². The second-order valence-electron chi connectivity index (χ2n) is 3.55. The van der Waals surface area contributed by atoms with Gasteiger partial charge in [0, 0.05) is 5.75 Å². The third-order valence-electron chi connectivity index (χ3n) is 2.50. The van der Waals surface area contributed by atoms with Crippen LogP contribution >= 0.6 is 11.8 Å². The molecule has 86 valence electrons. The molecule has 1 aliphatic heterocycles. The molecule has 0 atom stereocenters. The lowest BCUT2D eigenvalue weighted by Crippen LogP contribution is -2.08. The first-order chi connectivity index (χ1) is 8.36. The Bertz CT molecular complexity index is 565. The Kier molecular flexibility index (Phi) is 2.56. The van der Waals surface area contributed by atoms with Crippen LogP contribution in [-0.2, 0) is 5.75 Å². The highest BCUT2D eigenvalue weighted by molar-refractivity contribution is 8.13. The standard InChI is InChI=1S/C11H10N4OS/c1-16-9-2-3-10-8(4-9)5-17-11(14-10)15-6-12-13-7-15/h2-4,6-7H,5H2,1H3. The number of nitrogens with zero attached hydrogens (tertiary/aromatic N) is 4. The molecule has 1 aromatic carbocycles. The van der Waals surface area contributed by atoms with E-state index in [9.17, 15) is 0 Å². The lowest BCUT2D eigenvalue weighted by atomic mass is 10.2. The predicted molar refractivity (Wildman–Crippen MR) is 66.8 cm³/mol. The first-order valence-corrected chi connectivity index (χ1v) is 6.09. The molecule has 0 radical (unpaired) electrons. The minimum atomic E-state index is 0.868. The molecule has 0 amide bonds. The Balaban J connectivity index is 2.00. The van der Waals surface area contributed by atoms with E-state index < -0.39 is 0 Å². The zero-order valence-corrected chi connectivity index (χ0v) is 10.0. The molecule has 0 fully saturated rings. The van der Waals surface area contributed by atoms with E-state index in [1.165, 1.54) is 5.56 Å². The summed E-state index contributed by atoms with van der Waals surface area (Å²) < 4.78 is 7.01. The van der Waals surface area contributed by atoms with E-state index in [0.717, 1.165) is 22.4 Å². The predicted octanol–water partition coefficient (Wildman–Crippen LogP) is 2.07. The summed E-state index contributed by atoms with van der Waals surface area (Å²) in [7, 11) is 1.67. The van der Waals surface area contributed by atoms with Gasteiger partial charge in [-0.3, -0.25) is 4.57 Å². The fraction of sp³-hybridized carbons (Fsp3) is 0.182. The fourth-order valence-corrected chi connectivity index (χ4v) is 2.54. The SMILES string of the molecule is COc1ccc2c(c1)CSC(n1cnnc1)=N2. The van der Waals surface area contributed by atoms with Crippen molar-refractivity contribution in [3.63, 3.8) is 0 Å². The molecule has 2 heterocycles. The van der Waals surface area contributed by atoms with Gasteiger partial charge in [0.25, 0.3) is 0 Å².